The van der Waals surface area contributed by atoms with Crippen LogP contribution in [0.4, 0.5) is 10.7 Å². The Hall–Kier alpha value is -3.16. The van der Waals surface area contributed by atoms with Gasteiger partial charge >= 0.3 is 6.09 Å². The van der Waals surface area contributed by atoms with Crippen molar-refractivity contribution in [2.75, 3.05) is 44.2 Å². The number of piperazine rings is 1. The van der Waals surface area contributed by atoms with Crippen LogP contribution in [0.3, 0.4) is 0 Å². The van der Waals surface area contributed by atoms with Gasteiger partial charge in [0, 0.05) is 45.5 Å². The molecule has 29 heavy (non-hydrogen) atoms. The number of benzene rings is 1. The van der Waals surface area contributed by atoms with Gasteiger partial charge in [-0.25, -0.2) is 14.8 Å². The lowest BCUT2D eigenvalue weighted by Crippen LogP contribution is -2.49. The molecule has 1 aliphatic heterocycles. The van der Waals surface area contributed by atoms with E-state index in [1.807, 2.05) is 42.2 Å². The van der Waals surface area contributed by atoms with E-state index in [2.05, 4.69) is 9.97 Å². The molecule has 1 saturated heterocycles. The van der Waals surface area contributed by atoms with Gasteiger partial charge < -0.3 is 19.4 Å². The van der Waals surface area contributed by atoms with Crippen LogP contribution in [0.1, 0.15) is 29.9 Å². The maximum Gasteiger partial charge on any atom is 0.409 e. The number of hydrogen-bond acceptors (Lipinski definition) is 6. The molecule has 3 rings (SSSR count). The molecule has 0 radical (unpaired) electrons. The van der Waals surface area contributed by atoms with Crippen LogP contribution in [0.5, 0.6) is 0 Å². The average Bonchev–Trinajstić information content (AvgIpc) is 2.78. The highest BCUT2D eigenvalue weighted by Gasteiger charge is 2.24. The lowest BCUT2D eigenvalue weighted by molar-refractivity contribution is 0.0746. The third kappa shape index (κ3) is 5.22. The van der Waals surface area contributed by atoms with E-state index in [0.717, 1.165) is 5.56 Å². The normalized spacial score (nSPS) is 13.9. The molecule has 2 heterocycles. The number of ether oxygens (including phenoxy) is 1. The minimum absolute atomic E-state index is 0.120. The van der Waals surface area contributed by atoms with Crippen molar-refractivity contribution in [3.8, 4) is 0 Å². The number of carbonyl (C=O) groups is 2. The van der Waals surface area contributed by atoms with Gasteiger partial charge in [-0.15, -0.1) is 0 Å². The Bertz CT molecular complexity index is 822. The molecule has 8 nitrogen and oxygen atoms in total. The van der Waals surface area contributed by atoms with E-state index in [4.69, 9.17) is 4.74 Å². The van der Waals surface area contributed by atoms with Gasteiger partial charge in [0.2, 0.25) is 5.95 Å². The van der Waals surface area contributed by atoms with Gasteiger partial charge in [-0.2, -0.15) is 0 Å². The zero-order valence-corrected chi connectivity index (χ0v) is 17.0. The highest BCUT2D eigenvalue weighted by atomic mass is 16.6. The summed E-state index contributed by atoms with van der Waals surface area (Å²) in [4.78, 5) is 39.1. The fraction of sp³-hybridized carbons (Fsp3) is 0.429. The molecular weight excluding hydrogens is 370 g/mol. The third-order valence-electron chi connectivity index (χ3n) is 4.84. The van der Waals surface area contributed by atoms with Crippen molar-refractivity contribution in [1.82, 2.24) is 19.8 Å². The number of carbonyl (C=O) groups excluding carboxylic acids is 2. The molecule has 0 spiro atoms. The summed E-state index contributed by atoms with van der Waals surface area (Å²) in [6.45, 7) is 7.50. The van der Waals surface area contributed by atoms with E-state index < -0.39 is 0 Å². The van der Waals surface area contributed by atoms with Gasteiger partial charge in [0.05, 0.1) is 6.61 Å². The first kappa shape index (κ1) is 20.6. The second-order valence-electron chi connectivity index (χ2n) is 6.72. The largest absolute Gasteiger partial charge is 0.450 e. The van der Waals surface area contributed by atoms with Crippen molar-refractivity contribution in [1.29, 1.82) is 0 Å². The van der Waals surface area contributed by atoms with Crippen molar-refractivity contribution in [2.45, 2.75) is 20.4 Å². The number of rotatable bonds is 6. The summed E-state index contributed by atoms with van der Waals surface area (Å²) in [6, 6.07) is 11.5. The van der Waals surface area contributed by atoms with Gasteiger partial charge in [0.1, 0.15) is 5.69 Å². The molecule has 1 aliphatic rings. The smallest absolute Gasteiger partial charge is 0.409 e. The molecule has 0 bridgehead atoms. The maximum absolute atomic E-state index is 13.0. The molecular formula is C21H27N5O3. The van der Waals surface area contributed by atoms with Crippen LogP contribution >= 0.6 is 0 Å². The first-order chi connectivity index (χ1) is 14.1. The predicted molar refractivity (Wildman–Crippen MR) is 110 cm³/mol. The van der Waals surface area contributed by atoms with Crippen LogP contribution in [0.25, 0.3) is 0 Å². The summed E-state index contributed by atoms with van der Waals surface area (Å²) in [6.07, 6.45) is 1.32. The Labute approximate surface area is 171 Å². The SMILES string of the molecule is CCOC(=O)N1CCN(c2nccc(C(=O)N(CC)Cc3ccccc3)n2)CC1. The second kappa shape index (κ2) is 9.86. The van der Waals surface area contributed by atoms with Crippen LogP contribution in [0.2, 0.25) is 0 Å². The van der Waals surface area contributed by atoms with Crippen molar-refractivity contribution < 1.29 is 14.3 Å². The summed E-state index contributed by atoms with van der Waals surface area (Å²) in [5.41, 5.74) is 1.45. The van der Waals surface area contributed by atoms with E-state index in [9.17, 15) is 9.59 Å². The quantitative estimate of drug-likeness (QED) is 0.745. The van der Waals surface area contributed by atoms with Gasteiger partial charge in [-0.1, -0.05) is 30.3 Å². The van der Waals surface area contributed by atoms with E-state index in [-0.39, 0.29) is 12.0 Å². The topological polar surface area (TPSA) is 78.9 Å². The number of hydrogen-bond donors (Lipinski definition) is 0. The molecule has 1 aromatic carbocycles. The van der Waals surface area contributed by atoms with E-state index in [1.165, 1.54) is 0 Å². The molecule has 1 fully saturated rings. The lowest BCUT2D eigenvalue weighted by Gasteiger charge is -2.34. The molecule has 0 atom stereocenters. The summed E-state index contributed by atoms with van der Waals surface area (Å²) < 4.78 is 5.05. The Morgan fingerprint density at radius 3 is 2.45 bits per heavy atom. The Balaban J connectivity index is 1.66. The van der Waals surface area contributed by atoms with Crippen LogP contribution in [-0.2, 0) is 11.3 Å². The number of anilines is 1. The summed E-state index contributed by atoms with van der Waals surface area (Å²) in [5, 5.41) is 0. The first-order valence-electron chi connectivity index (χ1n) is 9.95. The molecule has 2 aromatic rings. The Morgan fingerprint density at radius 2 is 1.79 bits per heavy atom. The van der Waals surface area contributed by atoms with E-state index in [1.54, 1.807) is 29.0 Å². The fourth-order valence-corrected chi connectivity index (χ4v) is 3.22. The molecule has 0 saturated carbocycles. The van der Waals surface area contributed by atoms with Crippen molar-refractivity contribution >= 4 is 17.9 Å². The van der Waals surface area contributed by atoms with Crippen LogP contribution in [0.15, 0.2) is 42.6 Å². The molecule has 1 aromatic heterocycles. The molecule has 0 N–H and O–H groups in total. The number of amides is 2. The monoisotopic (exact) mass is 397 g/mol. The van der Waals surface area contributed by atoms with Gasteiger partial charge in [-0.3, -0.25) is 4.79 Å². The van der Waals surface area contributed by atoms with Gasteiger partial charge in [-0.05, 0) is 25.5 Å². The van der Waals surface area contributed by atoms with Crippen LogP contribution < -0.4 is 4.90 Å². The highest BCUT2D eigenvalue weighted by Crippen LogP contribution is 2.14. The first-order valence-corrected chi connectivity index (χ1v) is 9.95. The minimum Gasteiger partial charge on any atom is -0.450 e. The average molecular weight is 397 g/mol. The standard InChI is InChI=1S/C21H27N5O3/c1-3-24(16-17-8-6-5-7-9-17)19(27)18-10-11-22-20(23-18)25-12-14-26(15-13-25)21(28)29-4-2/h5-11H,3-4,12-16H2,1-2H3. The lowest BCUT2D eigenvalue weighted by atomic mass is 10.2. The van der Waals surface area contributed by atoms with Crippen LogP contribution in [-0.4, -0.2) is 71.1 Å². The van der Waals surface area contributed by atoms with Gasteiger partial charge in [0.25, 0.3) is 5.91 Å². The predicted octanol–water partition coefficient (Wildman–Crippen LogP) is 2.42. The molecule has 154 valence electrons. The molecule has 0 aliphatic carbocycles. The fourth-order valence-electron chi connectivity index (χ4n) is 3.22. The molecule has 8 heteroatoms. The Kier molecular flexibility index (Phi) is 6.99. The Morgan fingerprint density at radius 1 is 1.07 bits per heavy atom. The second-order valence-corrected chi connectivity index (χ2v) is 6.72. The van der Waals surface area contributed by atoms with Crippen molar-refractivity contribution in [3.63, 3.8) is 0 Å². The maximum atomic E-state index is 13.0. The molecule has 2 amide bonds. The zero-order chi connectivity index (χ0) is 20.6. The van der Waals surface area contributed by atoms with Crippen LogP contribution in [0, 0.1) is 0 Å². The third-order valence-corrected chi connectivity index (χ3v) is 4.84. The molecule has 0 unspecified atom stereocenters. The summed E-state index contributed by atoms with van der Waals surface area (Å²) in [5.74, 6) is 0.389. The summed E-state index contributed by atoms with van der Waals surface area (Å²) >= 11 is 0. The number of nitrogens with zero attached hydrogens (tertiary/aromatic N) is 5. The van der Waals surface area contributed by atoms with E-state index in [0.29, 0.717) is 57.5 Å². The number of aromatic nitrogens is 2. The van der Waals surface area contributed by atoms with Crippen molar-refractivity contribution in [3.05, 3.63) is 53.9 Å². The van der Waals surface area contributed by atoms with Gasteiger partial charge in [0.15, 0.2) is 0 Å². The highest BCUT2D eigenvalue weighted by molar-refractivity contribution is 5.92. The van der Waals surface area contributed by atoms with E-state index >= 15 is 0 Å². The zero-order valence-electron chi connectivity index (χ0n) is 17.0. The minimum atomic E-state index is -0.295. The summed E-state index contributed by atoms with van der Waals surface area (Å²) in [7, 11) is 0. The van der Waals surface area contributed by atoms with Crippen molar-refractivity contribution in [2.24, 2.45) is 0 Å².